The average molecular weight is 371 g/mol. The van der Waals surface area contributed by atoms with Gasteiger partial charge in [0.1, 0.15) is 5.75 Å². The van der Waals surface area contributed by atoms with Gasteiger partial charge in [0.2, 0.25) is 5.91 Å². The standard InChI is InChI=1S/C19H30N2O3.ClH/c1-23-16-8-6-15(7-9-16)19(10-4-3-5-11-19)14-21-18(22)12-17(13-20)24-2;/h6-9,17H,3-5,10-14,20H2,1-2H3,(H,21,22);1H. The van der Waals surface area contributed by atoms with Gasteiger partial charge in [0.05, 0.1) is 19.6 Å². The number of ether oxygens (including phenoxy) is 2. The minimum absolute atomic E-state index is 0. The van der Waals surface area contributed by atoms with E-state index in [4.69, 9.17) is 15.2 Å². The second kappa shape index (κ2) is 10.6. The molecule has 0 bridgehead atoms. The van der Waals surface area contributed by atoms with Crippen molar-refractivity contribution in [3.05, 3.63) is 29.8 Å². The first-order valence-electron chi connectivity index (χ1n) is 8.77. The molecule has 1 atom stereocenters. The maximum absolute atomic E-state index is 12.2. The largest absolute Gasteiger partial charge is 0.497 e. The third kappa shape index (κ3) is 5.87. The number of nitrogens with one attached hydrogen (secondary N) is 1. The summed E-state index contributed by atoms with van der Waals surface area (Å²) in [5.41, 5.74) is 6.90. The molecule has 25 heavy (non-hydrogen) atoms. The number of benzene rings is 1. The fourth-order valence-electron chi connectivity index (χ4n) is 3.55. The van der Waals surface area contributed by atoms with E-state index in [0.717, 1.165) is 18.6 Å². The van der Waals surface area contributed by atoms with Crippen LogP contribution in [0.5, 0.6) is 5.75 Å². The first-order valence-corrected chi connectivity index (χ1v) is 8.77. The number of methoxy groups -OCH3 is 2. The summed E-state index contributed by atoms with van der Waals surface area (Å²) in [6, 6.07) is 8.27. The molecule has 6 heteroatoms. The van der Waals surface area contributed by atoms with Crippen LogP contribution in [0.15, 0.2) is 24.3 Å². The molecule has 1 saturated carbocycles. The van der Waals surface area contributed by atoms with Crippen molar-refractivity contribution in [3.8, 4) is 5.75 Å². The molecule has 3 N–H and O–H groups in total. The normalized spacial score (nSPS) is 17.2. The monoisotopic (exact) mass is 370 g/mol. The smallest absolute Gasteiger partial charge is 0.222 e. The summed E-state index contributed by atoms with van der Waals surface area (Å²) in [6.45, 7) is 1.02. The zero-order valence-electron chi connectivity index (χ0n) is 15.3. The van der Waals surface area contributed by atoms with Crippen LogP contribution in [0.1, 0.15) is 44.1 Å². The van der Waals surface area contributed by atoms with Gasteiger partial charge in [0.25, 0.3) is 0 Å². The van der Waals surface area contributed by atoms with Gasteiger partial charge in [-0.05, 0) is 30.5 Å². The Morgan fingerprint density at radius 2 is 1.84 bits per heavy atom. The van der Waals surface area contributed by atoms with E-state index in [9.17, 15) is 4.79 Å². The van der Waals surface area contributed by atoms with Crippen molar-refractivity contribution < 1.29 is 14.3 Å². The van der Waals surface area contributed by atoms with Crippen LogP contribution in [-0.4, -0.2) is 39.3 Å². The predicted octanol–water partition coefficient (Wildman–Crippen LogP) is 2.80. The lowest BCUT2D eigenvalue weighted by atomic mass is 9.69. The first kappa shape index (κ1) is 21.7. The van der Waals surface area contributed by atoms with Gasteiger partial charge in [0.15, 0.2) is 0 Å². The number of halogens is 1. The van der Waals surface area contributed by atoms with Crippen LogP contribution in [0.4, 0.5) is 0 Å². The van der Waals surface area contributed by atoms with Crippen molar-refractivity contribution in [2.75, 3.05) is 27.3 Å². The van der Waals surface area contributed by atoms with Gasteiger partial charge in [-0.15, -0.1) is 12.4 Å². The van der Waals surface area contributed by atoms with Crippen molar-refractivity contribution in [1.29, 1.82) is 0 Å². The number of hydrogen-bond donors (Lipinski definition) is 2. The summed E-state index contributed by atoms with van der Waals surface area (Å²) >= 11 is 0. The van der Waals surface area contributed by atoms with Crippen molar-refractivity contribution in [3.63, 3.8) is 0 Å². The molecular weight excluding hydrogens is 340 g/mol. The van der Waals surface area contributed by atoms with E-state index in [2.05, 4.69) is 17.4 Å². The molecule has 0 aliphatic heterocycles. The summed E-state index contributed by atoms with van der Waals surface area (Å²) in [5.74, 6) is 0.866. The summed E-state index contributed by atoms with van der Waals surface area (Å²) in [6.07, 6.45) is 5.97. The Labute approximate surface area is 157 Å². The van der Waals surface area contributed by atoms with Crippen LogP contribution < -0.4 is 15.8 Å². The van der Waals surface area contributed by atoms with Crippen LogP contribution in [0.25, 0.3) is 0 Å². The lowest BCUT2D eigenvalue weighted by Crippen LogP contribution is -2.43. The highest BCUT2D eigenvalue weighted by Crippen LogP contribution is 2.39. The van der Waals surface area contributed by atoms with E-state index in [-0.39, 0.29) is 29.8 Å². The minimum Gasteiger partial charge on any atom is -0.497 e. The van der Waals surface area contributed by atoms with Crippen molar-refractivity contribution >= 4 is 18.3 Å². The average Bonchev–Trinajstić information content (AvgIpc) is 2.65. The van der Waals surface area contributed by atoms with E-state index < -0.39 is 0 Å². The molecule has 0 saturated heterocycles. The maximum Gasteiger partial charge on any atom is 0.222 e. The summed E-state index contributed by atoms with van der Waals surface area (Å²) in [4.78, 5) is 12.2. The highest BCUT2D eigenvalue weighted by molar-refractivity contribution is 5.85. The SMILES string of the molecule is COc1ccc(C2(CNC(=O)CC(CN)OC)CCCCC2)cc1.Cl. The molecule has 0 heterocycles. The molecule has 0 spiro atoms. The number of carbonyl (C=O) groups excluding carboxylic acids is 1. The van der Waals surface area contributed by atoms with E-state index >= 15 is 0 Å². The Morgan fingerprint density at radius 3 is 2.36 bits per heavy atom. The van der Waals surface area contributed by atoms with Crippen LogP contribution in [0, 0.1) is 0 Å². The van der Waals surface area contributed by atoms with Crippen LogP contribution >= 0.6 is 12.4 Å². The summed E-state index contributed by atoms with van der Waals surface area (Å²) in [5, 5.41) is 3.11. The van der Waals surface area contributed by atoms with E-state index in [1.807, 2.05) is 12.1 Å². The van der Waals surface area contributed by atoms with Crippen LogP contribution in [0.2, 0.25) is 0 Å². The molecular formula is C19H31ClN2O3. The Balaban J connectivity index is 0.00000312. The maximum atomic E-state index is 12.2. The lowest BCUT2D eigenvalue weighted by Gasteiger charge is -2.38. The van der Waals surface area contributed by atoms with Gasteiger partial charge in [0, 0.05) is 25.6 Å². The Hall–Kier alpha value is -1.30. The molecule has 1 unspecified atom stereocenters. The quantitative estimate of drug-likeness (QED) is 0.738. The molecule has 1 aromatic rings. The topological polar surface area (TPSA) is 73.6 Å². The zero-order valence-corrected chi connectivity index (χ0v) is 16.1. The number of amides is 1. The Kier molecular flexibility index (Phi) is 9.25. The molecule has 1 fully saturated rings. The predicted molar refractivity (Wildman–Crippen MR) is 102 cm³/mol. The van der Waals surface area contributed by atoms with Gasteiger partial charge in [-0.25, -0.2) is 0 Å². The molecule has 1 aromatic carbocycles. The number of rotatable bonds is 8. The fourth-order valence-corrected chi connectivity index (χ4v) is 3.55. The number of nitrogens with two attached hydrogens (primary N) is 1. The second-order valence-corrected chi connectivity index (χ2v) is 6.64. The highest BCUT2D eigenvalue weighted by Gasteiger charge is 2.34. The minimum atomic E-state index is -0.215. The fraction of sp³-hybridized carbons (Fsp3) is 0.632. The summed E-state index contributed by atoms with van der Waals surface area (Å²) < 4.78 is 10.5. The number of carbonyl (C=O) groups is 1. The van der Waals surface area contributed by atoms with Gasteiger partial charge >= 0.3 is 0 Å². The van der Waals surface area contributed by atoms with Crippen molar-refractivity contribution in [2.24, 2.45) is 5.73 Å². The highest BCUT2D eigenvalue weighted by atomic mass is 35.5. The second-order valence-electron chi connectivity index (χ2n) is 6.64. The van der Waals surface area contributed by atoms with E-state index in [1.54, 1.807) is 14.2 Å². The van der Waals surface area contributed by atoms with Gasteiger partial charge < -0.3 is 20.5 Å². The summed E-state index contributed by atoms with van der Waals surface area (Å²) in [7, 11) is 3.26. The zero-order chi connectivity index (χ0) is 17.4. The van der Waals surface area contributed by atoms with Crippen LogP contribution in [0.3, 0.4) is 0 Å². The molecule has 5 nitrogen and oxygen atoms in total. The van der Waals surface area contributed by atoms with Gasteiger partial charge in [-0.2, -0.15) is 0 Å². The van der Waals surface area contributed by atoms with Gasteiger partial charge in [-0.3, -0.25) is 4.79 Å². The number of hydrogen-bond acceptors (Lipinski definition) is 4. The third-order valence-electron chi connectivity index (χ3n) is 5.15. The molecule has 0 aromatic heterocycles. The third-order valence-corrected chi connectivity index (χ3v) is 5.15. The molecule has 2 rings (SSSR count). The molecule has 1 aliphatic rings. The Morgan fingerprint density at radius 1 is 1.20 bits per heavy atom. The van der Waals surface area contributed by atoms with Crippen molar-refractivity contribution in [2.45, 2.75) is 50.0 Å². The van der Waals surface area contributed by atoms with E-state index in [0.29, 0.717) is 19.5 Å². The molecule has 1 amide bonds. The van der Waals surface area contributed by atoms with Crippen LogP contribution in [-0.2, 0) is 14.9 Å². The first-order chi connectivity index (χ1) is 11.6. The lowest BCUT2D eigenvalue weighted by molar-refractivity contribution is -0.123. The van der Waals surface area contributed by atoms with E-state index in [1.165, 1.54) is 24.8 Å². The molecule has 142 valence electrons. The Bertz CT molecular complexity index is 512. The molecule has 1 aliphatic carbocycles. The van der Waals surface area contributed by atoms with Crippen molar-refractivity contribution in [1.82, 2.24) is 5.32 Å². The van der Waals surface area contributed by atoms with Gasteiger partial charge in [-0.1, -0.05) is 31.4 Å². The molecule has 0 radical (unpaired) electrons.